The van der Waals surface area contributed by atoms with Crippen LogP contribution in [0.3, 0.4) is 0 Å². The van der Waals surface area contributed by atoms with E-state index in [2.05, 4.69) is 21.2 Å². The first-order valence-electron chi connectivity index (χ1n) is 12.4. The molecule has 0 aliphatic carbocycles. The van der Waals surface area contributed by atoms with Crippen molar-refractivity contribution in [2.24, 2.45) is 4.99 Å². The summed E-state index contributed by atoms with van der Waals surface area (Å²) < 4.78 is 53.0. The van der Waals surface area contributed by atoms with Gasteiger partial charge in [-0.05, 0) is 54.4 Å². The van der Waals surface area contributed by atoms with Crippen molar-refractivity contribution in [3.05, 3.63) is 99.5 Å². The number of carbonyl (C=O) groups is 1. The van der Waals surface area contributed by atoms with Gasteiger partial charge in [-0.25, -0.2) is 4.99 Å². The third-order valence-corrected chi connectivity index (χ3v) is 7.28. The standard InChI is InChI=1S/C29H28BrF3N2O4/c1-19-28(17-21-7-3-5-10-25(21)30,27(37)34-18-22-8-2-4-9-24(22)29(31,32)33)35-26(39-19)20-11-13-23(14-12-20)38-16-6-15-36/h2-5,7-14,19,36H,6,15-18H2,1H3,(H,34,37)/t19-,28-/m1/s1. The molecular formula is C29H28BrF3N2O4. The van der Waals surface area contributed by atoms with E-state index < -0.39 is 29.3 Å². The number of hydrogen-bond donors (Lipinski definition) is 2. The molecular weight excluding hydrogens is 577 g/mol. The molecule has 39 heavy (non-hydrogen) atoms. The van der Waals surface area contributed by atoms with Crippen LogP contribution in [0.1, 0.15) is 35.6 Å². The Kier molecular flexibility index (Phi) is 8.97. The molecule has 2 atom stereocenters. The van der Waals surface area contributed by atoms with Gasteiger partial charge in [-0.3, -0.25) is 4.79 Å². The lowest BCUT2D eigenvalue weighted by Gasteiger charge is -2.29. The molecule has 1 aliphatic rings. The van der Waals surface area contributed by atoms with E-state index in [1.165, 1.54) is 18.2 Å². The number of aliphatic hydroxyl groups excluding tert-OH is 1. The van der Waals surface area contributed by atoms with E-state index in [-0.39, 0.29) is 31.0 Å². The van der Waals surface area contributed by atoms with Crippen molar-refractivity contribution in [1.82, 2.24) is 5.32 Å². The van der Waals surface area contributed by atoms with Gasteiger partial charge in [-0.15, -0.1) is 0 Å². The highest BCUT2D eigenvalue weighted by molar-refractivity contribution is 9.10. The van der Waals surface area contributed by atoms with Crippen LogP contribution in [0.4, 0.5) is 13.2 Å². The SMILES string of the molecule is C[C@H]1OC(c2ccc(OCCCO)cc2)=N[C@@]1(Cc1ccccc1Br)C(=O)NCc1ccccc1C(F)(F)F. The van der Waals surface area contributed by atoms with Crippen LogP contribution >= 0.6 is 15.9 Å². The van der Waals surface area contributed by atoms with Crippen molar-refractivity contribution in [2.75, 3.05) is 13.2 Å². The van der Waals surface area contributed by atoms with Crippen LogP contribution in [0.2, 0.25) is 0 Å². The average molecular weight is 605 g/mol. The van der Waals surface area contributed by atoms with Gasteiger partial charge in [-0.1, -0.05) is 52.3 Å². The smallest absolute Gasteiger partial charge is 0.416 e. The molecule has 1 aliphatic heterocycles. The van der Waals surface area contributed by atoms with Gasteiger partial charge in [0.25, 0.3) is 5.91 Å². The quantitative estimate of drug-likeness (QED) is 0.291. The Morgan fingerprint density at radius 2 is 1.74 bits per heavy atom. The Balaban J connectivity index is 1.64. The van der Waals surface area contributed by atoms with Gasteiger partial charge in [0, 0.05) is 36.0 Å². The molecule has 0 aromatic heterocycles. The number of ether oxygens (including phenoxy) is 2. The number of nitrogens with one attached hydrogen (secondary N) is 1. The Morgan fingerprint density at radius 3 is 2.41 bits per heavy atom. The molecule has 2 N–H and O–H groups in total. The van der Waals surface area contributed by atoms with Crippen molar-refractivity contribution in [1.29, 1.82) is 0 Å². The molecule has 206 valence electrons. The number of hydrogen-bond acceptors (Lipinski definition) is 5. The normalized spacial score (nSPS) is 18.8. The van der Waals surface area contributed by atoms with Gasteiger partial charge in [0.05, 0.1) is 12.2 Å². The van der Waals surface area contributed by atoms with Crippen LogP contribution in [0.5, 0.6) is 5.75 Å². The molecule has 3 aromatic carbocycles. The number of halogens is 4. The first kappa shape index (κ1) is 28.6. The monoisotopic (exact) mass is 604 g/mol. The minimum Gasteiger partial charge on any atom is -0.494 e. The van der Waals surface area contributed by atoms with Crippen LogP contribution in [0.25, 0.3) is 0 Å². The topological polar surface area (TPSA) is 80.2 Å². The van der Waals surface area contributed by atoms with Crippen molar-refractivity contribution < 1.29 is 32.5 Å². The third kappa shape index (κ3) is 6.62. The number of aliphatic imine (C=N–C) groups is 1. The zero-order valence-corrected chi connectivity index (χ0v) is 22.8. The van der Waals surface area contributed by atoms with Crippen molar-refractivity contribution in [3.63, 3.8) is 0 Å². The summed E-state index contributed by atoms with van der Waals surface area (Å²) in [7, 11) is 0. The second-order valence-electron chi connectivity index (χ2n) is 9.16. The van der Waals surface area contributed by atoms with E-state index in [9.17, 15) is 18.0 Å². The van der Waals surface area contributed by atoms with E-state index in [0.717, 1.165) is 16.1 Å². The van der Waals surface area contributed by atoms with Crippen LogP contribution in [0.15, 0.2) is 82.3 Å². The van der Waals surface area contributed by atoms with Crippen molar-refractivity contribution in [2.45, 2.75) is 44.1 Å². The number of nitrogens with zero attached hydrogens (tertiary/aromatic N) is 1. The number of carbonyl (C=O) groups excluding carboxylic acids is 1. The Labute approximate surface area is 233 Å². The van der Waals surface area contributed by atoms with Gasteiger partial charge < -0.3 is 19.9 Å². The van der Waals surface area contributed by atoms with Gasteiger partial charge in [0.1, 0.15) is 11.9 Å². The van der Waals surface area contributed by atoms with E-state index >= 15 is 0 Å². The third-order valence-electron chi connectivity index (χ3n) is 6.51. The molecule has 10 heteroatoms. The predicted octanol–water partition coefficient (Wildman–Crippen LogP) is 5.69. The molecule has 1 amide bonds. The number of alkyl halides is 3. The number of aliphatic hydroxyl groups is 1. The average Bonchev–Trinajstić information content (AvgIpc) is 3.25. The fourth-order valence-corrected chi connectivity index (χ4v) is 4.78. The molecule has 0 unspecified atom stereocenters. The minimum atomic E-state index is -4.54. The molecule has 6 nitrogen and oxygen atoms in total. The molecule has 1 heterocycles. The Hall–Kier alpha value is -3.37. The minimum absolute atomic E-state index is 0.0318. The maximum atomic E-state index is 13.8. The highest BCUT2D eigenvalue weighted by atomic mass is 79.9. The van der Waals surface area contributed by atoms with Crippen LogP contribution in [-0.4, -0.2) is 41.8 Å². The van der Waals surface area contributed by atoms with Crippen LogP contribution < -0.4 is 10.1 Å². The molecule has 0 fully saturated rings. The molecule has 0 spiro atoms. The predicted molar refractivity (Wildman–Crippen MR) is 145 cm³/mol. The van der Waals surface area contributed by atoms with E-state index in [4.69, 9.17) is 19.6 Å². The van der Waals surface area contributed by atoms with Gasteiger partial charge in [0.2, 0.25) is 5.90 Å². The van der Waals surface area contributed by atoms with Gasteiger partial charge >= 0.3 is 6.18 Å². The molecule has 3 aromatic rings. The maximum Gasteiger partial charge on any atom is 0.416 e. The fourth-order valence-electron chi connectivity index (χ4n) is 4.35. The Bertz CT molecular complexity index is 1330. The van der Waals surface area contributed by atoms with Crippen LogP contribution in [-0.2, 0) is 28.7 Å². The van der Waals surface area contributed by atoms with E-state index in [1.807, 2.05) is 24.3 Å². The highest BCUT2D eigenvalue weighted by Crippen LogP contribution is 2.35. The summed E-state index contributed by atoms with van der Waals surface area (Å²) in [4.78, 5) is 18.5. The summed E-state index contributed by atoms with van der Waals surface area (Å²) in [6, 6.07) is 19.5. The second kappa shape index (κ2) is 12.2. The summed E-state index contributed by atoms with van der Waals surface area (Å²) in [6.07, 6.45) is -4.58. The summed E-state index contributed by atoms with van der Waals surface area (Å²) in [5.41, 5.74) is -0.840. The van der Waals surface area contributed by atoms with Gasteiger partial charge in [0.15, 0.2) is 5.54 Å². The lowest BCUT2D eigenvalue weighted by molar-refractivity contribution is -0.138. The molecule has 4 rings (SSSR count). The highest BCUT2D eigenvalue weighted by Gasteiger charge is 2.50. The van der Waals surface area contributed by atoms with Crippen molar-refractivity contribution >= 4 is 27.7 Å². The van der Waals surface area contributed by atoms with E-state index in [1.54, 1.807) is 31.2 Å². The van der Waals surface area contributed by atoms with E-state index in [0.29, 0.717) is 24.3 Å². The van der Waals surface area contributed by atoms with Crippen molar-refractivity contribution in [3.8, 4) is 5.75 Å². The zero-order chi connectivity index (χ0) is 28.0. The fraction of sp³-hybridized carbons (Fsp3) is 0.310. The summed E-state index contributed by atoms with van der Waals surface area (Å²) in [5, 5.41) is 11.6. The summed E-state index contributed by atoms with van der Waals surface area (Å²) in [5.74, 6) is 0.323. The first-order chi connectivity index (χ1) is 18.6. The van der Waals surface area contributed by atoms with Gasteiger partial charge in [-0.2, -0.15) is 13.2 Å². The molecule has 0 saturated heterocycles. The lowest BCUT2D eigenvalue weighted by atomic mass is 9.86. The summed E-state index contributed by atoms with van der Waals surface area (Å²) >= 11 is 3.52. The first-order valence-corrected chi connectivity index (χ1v) is 13.2. The van der Waals surface area contributed by atoms with Crippen LogP contribution in [0, 0.1) is 0 Å². The number of benzene rings is 3. The summed E-state index contributed by atoms with van der Waals surface area (Å²) in [6.45, 7) is 1.81. The molecule has 0 saturated carbocycles. The number of amides is 1. The molecule has 0 radical (unpaired) electrons. The molecule has 0 bridgehead atoms. The zero-order valence-electron chi connectivity index (χ0n) is 21.2. The maximum absolute atomic E-state index is 13.8. The lowest BCUT2D eigenvalue weighted by Crippen LogP contribution is -2.52. The number of rotatable bonds is 10. The largest absolute Gasteiger partial charge is 0.494 e. The second-order valence-corrected chi connectivity index (χ2v) is 10.0. The Morgan fingerprint density at radius 1 is 1.08 bits per heavy atom.